The largest absolute Gasteiger partial charge is 0.378 e. The van der Waals surface area contributed by atoms with Crippen LogP contribution in [0.5, 0.6) is 0 Å². The van der Waals surface area contributed by atoms with E-state index in [1.54, 1.807) is 16.8 Å². The first-order chi connectivity index (χ1) is 15.0. The molecule has 1 aliphatic heterocycles. The normalized spacial score (nSPS) is 14.9. The first-order valence-electron chi connectivity index (χ1n) is 10.4. The number of para-hydroxylation sites is 1. The molecule has 160 valence electrons. The minimum atomic E-state index is -0.560. The van der Waals surface area contributed by atoms with E-state index in [-0.39, 0.29) is 18.5 Å². The zero-order valence-corrected chi connectivity index (χ0v) is 17.4. The molecular formula is C24H25N3O4. The Balaban J connectivity index is 1.54. The Morgan fingerprint density at radius 2 is 1.68 bits per heavy atom. The fourth-order valence-corrected chi connectivity index (χ4v) is 3.85. The molecule has 31 heavy (non-hydrogen) atoms. The maximum absolute atomic E-state index is 13.0. The molecule has 1 aromatic heterocycles. The predicted molar refractivity (Wildman–Crippen MR) is 117 cm³/mol. The third kappa shape index (κ3) is 4.51. The Labute approximate surface area is 180 Å². The number of nitrogens with one attached hydrogen (secondary N) is 1. The molecular weight excluding hydrogens is 394 g/mol. The van der Waals surface area contributed by atoms with Crippen molar-refractivity contribution in [3.63, 3.8) is 0 Å². The molecule has 7 heteroatoms. The Kier molecular flexibility index (Phi) is 6.13. The summed E-state index contributed by atoms with van der Waals surface area (Å²) in [6, 6.07) is 16.9. The molecule has 4 rings (SSSR count). The lowest BCUT2D eigenvalue weighted by molar-refractivity contribution is -0.130. The number of ether oxygens (including phenoxy) is 1. The summed E-state index contributed by atoms with van der Waals surface area (Å²) in [4.78, 5) is 39.9. The van der Waals surface area contributed by atoms with Crippen LogP contribution in [0.15, 0.2) is 60.8 Å². The van der Waals surface area contributed by atoms with Crippen LogP contribution in [0, 0.1) is 0 Å². The van der Waals surface area contributed by atoms with Crippen molar-refractivity contribution in [1.29, 1.82) is 0 Å². The van der Waals surface area contributed by atoms with E-state index in [0.29, 0.717) is 37.3 Å². The van der Waals surface area contributed by atoms with Crippen molar-refractivity contribution < 1.29 is 19.1 Å². The molecule has 3 aromatic rings. The maximum Gasteiger partial charge on any atom is 0.295 e. The minimum Gasteiger partial charge on any atom is -0.378 e. The maximum atomic E-state index is 13.0. The molecule has 2 amide bonds. The lowest BCUT2D eigenvalue weighted by Crippen LogP contribution is -2.44. The van der Waals surface area contributed by atoms with Gasteiger partial charge in [0.1, 0.15) is 6.54 Å². The van der Waals surface area contributed by atoms with Gasteiger partial charge in [0, 0.05) is 30.2 Å². The number of fused-ring (bicyclic) bond motifs is 1. The molecule has 0 spiro atoms. The summed E-state index contributed by atoms with van der Waals surface area (Å²) >= 11 is 0. The van der Waals surface area contributed by atoms with Crippen LogP contribution in [-0.2, 0) is 20.9 Å². The fourth-order valence-electron chi connectivity index (χ4n) is 3.85. The number of hydrogen-bond acceptors (Lipinski definition) is 4. The second-order valence-corrected chi connectivity index (χ2v) is 7.62. The van der Waals surface area contributed by atoms with Crippen LogP contribution >= 0.6 is 0 Å². The summed E-state index contributed by atoms with van der Waals surface area (Å²) in [5, 5.41) is 3.65. The van der Waals surface area contributed by atoms with E-state index in [1.807, 2.05) is 55.5 Å². The highest BCUT2D eigenvalue weighted by atomic mass is 16.5. The zero-order chi connectivity index (χ0) is 21.8. The second-order valence-electron chi connectivity index (χ2n) is 7.62. The number of Topliss-reactive ketones (excluding diaryl/α,β-unsaturated/α-hetero) is 1. The number of carbonyl (C=O) groups is 3. The van der Waals surface area contributed by atoms with E-state index in [1.165, 1.54) is 4.90 Å². The summed E-state index contributed by atoms with van der Waals surface area (Å²) in [5.74, 6) is -1.26. The summed E-state index contributed by atoms with van der Waals surface area (Å²) < 4.78 is 6.99. The molecule has 0 radical (unpaired) electrons. The quantitative estimate of drug-likeness (QED) is 0.492. The number of ketones is 1. The molecule has 2 heterocycles. The number of rotatable bonds is 6. The predicted octanol–water partition coefficient (Wildman–Crippen LogP) is 2.56. The highest BCUT2D eigenvalue weighted by Crippen LogP contribution is 2.23. The standard InChI is InChI=1S/C24H25N3O4/c1-17(18-7-3-2-4-8-18)25-22(28)16-27-15-20(19-9-5-6-10-21(19)27)23(29)24(30)26-11-13-31-14-12-26/h2-10,15,17H,11-14,16H2,1H3,(H,25,28)/t17-/m0/s1. The van der Waals surface area contributed by atoms with Gasteiger partial charge in [0.25, 0.3) is 11.7 Å². The number of carbonyl (C=O) groups excluding carboxylic acids is 3. The van der Waals surface area contributed by atoms with Crippen LogP contribution in [0.2, 0.25) is 0 Å². The lowest BCUT2D eigenvalue weighted by atomic mass is 10.1. The summed E-state index contributed by atoms with van der Waals surface area (Å²) in [7, 11) is 0. The minimum absolute atomic E-state index is 0.0523. The van der Waals surface area contributed by atoms with Gasteiger partial charge in [-0.1, -0.05) is 48.5 Å². The Morgan fingerprint density at radius 1 is 1.00 bits per heavy atom. The highest BCUT2D eigenvalue weighted by Gasteiger charge is 2.27. The van der Waals surface area contributed by atoms with Crippen molar-refractivity contribution in [2.45, 2.75) is 19.5 Å². The van der Waals surface area contributed by atoms with E-state index < -0.39 is 11.7 Å². The molecule has 1 fully saturated rings. The second kappa shape index (κ2) is 9.14. The first kappa shape index (κ1) is 20.8. The highest BCUT2D eigenvalue weighted by molar-refractivity contribution is 6.44. The monoisotopic (exact) mass is 419 g/mol. The summed E-state index contributed by atoms with van der Waals surface area (Å²) in [6.45, 7) is 3.65. The third-order valence-electron chi connectivity index (χ3n) is 5.52. The average Bonchev–Trinajstić information content (AvgIpc) is 3.17. The van der Waals surface area contributed by atoms with Crippen molar-refractivity contribution in [3.8, 4) is 0 Å². The smallest absolute Gasteiger partial charge is 0.295 e. The summed E-state index contributed by atoms with van der Waals surface area (Å²) in [5.41, 5.74) is 2.07. The van der Waals surface area contributed by atoms with Crippen LogP contribution in [0.1, 0.15) is 28.9 Å². The number of benzene rings is 2. The van der Waals surface area contributed by atoms with Gasteiger partial charge < -0.3 is 19.5 Å². The van der Waals surface area contributed by atoms with Gasteiger partial charge in [0.05, 0.1) is 24.8 Å². The van der Waals surface area contributed by atoms with E-state index in [2.05, 4.69) is 5.32 Å². The molecule has 0 saturated carbocycles. The van der Waals surface area contributed by atoms with Gasteiger partial charge >= 0.3 is 0 Å². The molecule has 1 N–H and O–H groups in total. The number of morpholine rings is 1. The zero-order valence-electron chi connectivity index (χ0n) is 17.4. The number of hydrogen-bond donors (Lipinski definition) is 1. The Morgan fingerprint density at radius 3 is 2.42 bits per heavy atom. The topological polar surface area (TPSA) is 80.6 Å². The first-order valence-corrected chi connectivity index (χ1v) is 10.4. The molecule has 1 saturated heterocycles. The van der Waals surface area contributed by atoms with Crippen LogP contribution < -0.4 is 5.32 Å². The van der Waals surface area contributed by atoms with Crippen LogP contribution in [0.3, 0.4) is 0 Å². The molecule has 0 unspecified atom stereocenters. The van der Waals surface area contributed by atoms with Crippen molar-refractivity contribution in [2.75, 3.05) is 26.3 Å². The van der Waals surface area contributed by atoms with Crippen molar-refractivity contribution >= 4 is 28.5 Å². The number of nitrogens with zero attached hydrogens (tertiary/aromatic N) is 2. The average molecular weight is 419 g/mol. The fraction of sp³-hybridized carbons (Fsp3) is 0.292. The van der Waals surface area contributed by atoms with Gasteiger partial charge in [-0.25, -0.2) is 0 Å². The van der Waals surface area contributed by atoms with Gasteiger partial charge in [-0.15, -0.1) is 0 Å². The Bertz CT molecular complexity index is 1100. The van der Waals surface area contributed by atoms with E-state index in [9.17, 15) is 14.4 Å². The van der Waals surface area contributed by atoms with E-state index >= 15 is 0 Å². The molecule has 0 aliphatic carbocycles. The molecule has 2 aromatic carbocycles. The van der Waals surface area contributed by atoms with Crippen LogP contribution in [-0.4, -0.2) is 53.4 Å². The molecule has 1 aliphatic rings. The van der Waals surface area contributed by atoms with E-state index in [4.69, 9.17) is 4.74 Å². The molecule has 7 nitrogen and oxygen atoms in total. The SMILES string of the molecule is C[C@H](NC(=O)Cn1cc(C(=O)C(=O)N2CCOCC2)c2ccccc21)c1ccccc1. The molecule has 1 atom stereocenters. The van der Waals surface area contributed by atoms with Crippen LogP contribution in [0.4, 0.5) is 0 Å². The van der Waals surface area contributed by atoms with E-state index in [0.717, 1.165) is 11.1 Å². The Hall–Kier alpha value is -3.45. The van der Waals surface area contributed by atoms with Crippen molar-refractivity contribution in [1.82, 2.24) is 14.8 Å². The molecule has 0 bridgehead atoms. The lowest BCUT2D eigenvalue weighted by Gasteiger charge is -2.25. The number of amides is 2. The summed E-state index contributed by atoms with van der Waals surface area (Å²) in [6.07, 6.45) is 1.61. The van der Waals surface area contributed by atoms with Gasteiger partial charge in [-0.3, -0.25) is 14.4 Å². The van der Waals surface area contributed by atoms with Gasteiger partial charge in [-0.05, 0) is 18.6 Å². The van der Waals surface area contributed by atoms with Gasteiger partial charge in [0.15, 0.2) is 0 Å². The van der Waals surface area contributed by atoms with Crippen molar-refractivity contribution in [2.24, 2.45) is 0 Å². The third-order valence-corrected chi connectivity index (χ3v) is 5.52. The van der Waals surface area contributed by atoms with Gasteiger partial charge in [-0.2, -0.15) is 0 Å². The van der Waals surface area contributed by atoms with Crippen molar-refractivity contribution in [3.05, 3.63) is 71.9 Å². The number of aromatic nitrogens is 1. The van der Waals surface area contributed by atoms with Crippen LogP contribution in [0.25, 0.3) is 10.9 Å². The van der Waals surface area contributed by atoms with Gasteiger partial charge in [0.2, 0.25) is 5.91 Å².